The largest absolute Gasteiger partial charge is 0.399 e. The van der Waals surface area contributed by atoms with Crippen molar-refractivity contribution in [1.29, 1.82) is 0 Å². The highest BCUT2D eigenvalue weighted by Crippen LogP contribution is 2.24. The zero-order valence-electron chi connectivity index (χ0n) is 11.1. The highest BCUT2D eigenvalue weighted by molar-refractivity contribution is 6.00. The third kappa shape index (κ3) is 2.64. The number of benzene rings is 1. The Morgan fingerprint density at radius 3 is 2.42 bits per heavy atom. The summed E-state index contributed by atoms with van der Waals surface area (Å²) in [7, 11) is 3.69. The van der Waals surface area contributed by atoms with E-state index in [9.17, 15) is 15.0 Å². The van der Waals surface area contributed by atoms with Crippen LogP contribution in [0.4, 0.5) is 11.4 Å². The van der Waals surface area contributed by atoms with E-state index in [1.165, 1.54) is 4.90 Å². The summed E-state index contributed by atoms with van der Waals surface area (Å²) in [6.45, 7) is 0.281. The Kier molecular flexibility index (Phi) is 3.64. The number of aliphatic hydroxyl groups is 2. The third-order valence-electron chi connectivity index (χ3n) is 3.28. The highest BCUT2D eigenvalue weighted by atomic mass is 16.3. The number of nitrogens with two attached hydrogens (primary N) is 1. The molecule has 0 spiro atoms. The molecule has 4 N–H and O–H groups in total. The summed E-state index contributed by atoms with van der Waals surface area (Å²) in [6.07, 6.45) is -1.76. The summed E-state index contributed by atoms with van der Waals surface area (Å²) in [5, 5.41) is 19.0. The third-order valence-corrected chi connectivity index (χ3v) is 3.28. The van der Waals surface area contributed by atoms with Crippen molar-refractivity contribution < 1.29 is 15.0 Å². The molecule has 6 nitrogen and oxygen atoms in total. The normalized spacial score (nSPS) is 22.6. The van der Waals surface area contributed by atoms with E-state index >= 15 is 0 Å². The Bertz CT molecular complexity index is 480. The predicted molar refractivity (Wildman–Crippen MR) is 73.1 cm³/mol. The number of anilines is 2. The van der Waals surface area contributed by atoms with Crippen LogP contribution in [-0.2, 0) is 0 Å². The fourth-order valence-corrected chi connectivity index (χ4v) is 2.22. The quantitative estimate of drug-likeness (QED) is 0.628. The fourth-order valence-electron chi connectivity index (χ4n) is 2.22. The number of nitrogen functional groups attached to an aromatic ring is 1. The van der Waals surface area contributed by atoms with E-state index in [-0.39, 0.29) is 19.0 Å². The molecule has 1 aliphatic heterocycles. The van der Waals surface area contributed by atoms with Crippen molar-refractivity contribution in [2.75, 3.05) is 37.8 Å². The molecule has 104 valence electrons. The maximum absolute atomic E-state index is 12.4. The Hall–Kier alpha value is -1.79. The smallest absolute Gasteiger partial charge is 0.256 e. The predicted octanol–water partition coefficient (Wildman–Crippen LogP) is -0.488. The molecule has 0 radical (unpaired) electrons. The van der Waals surface area contributed by atoms with Crippen LogP contribution in [0.1, 0.15) is 10.4 Å². The first-order valence-corrected chi connectivity index (χ1v) is 6.12. The van der Waals surface area contributed by atoms with E-state index in [0.29, 0.717) is 11.3 Å². The number of carbonyl (C=O) groups is 1. The Labute approximate surface area is 112 Å². The Morgan fingerprint density at radius 1 is 1.32 bits per heavy atom. The van der Waals surface area contributed by atoms with Gasteiger partial charge < -0.3 is 25.7 Å². The van der Waals surface area contributed by atoms with Gasteiger partial charge in [-0.15, -0.1) is 0 Å². The lowest BCUT2D eigenvalue weighted by Gasteiger charge is -2.21. The highest BCUT2D eigenvalue weighted by Gasteiger charge is 2.33. The molecule has 2 rings (SSSR count). The standard InChI is InChI=1S/C13H19N3O3/c1-15(2)10-4-3-8(14)5-9(10)13(19)16-6-11(17)12(18)7-16/h3-5,11-12,17-18H,6-7,14H2,1-2H3. The molecular formula is C13H19N3O3. The van der Waals surface area contributed by atoms with E-state index < -0.39 is 12.2 Å². The first-order chi connectivity index (χ1) is 8.90. The van der Waals surface area contributed by atoms with Crippen LogP contribution in [0.15, 0.2) is 18.2 Å². The minimum Gasteiger partial charge on any atom is -0.399 e. The van der Waals surface area contributed by atoms with Crippen molar-refractivity contribution in [2.24, 2.45) is 0 Å². The lowest BCUT2D eigenvalue weighted by molar-refractivity contribution is 0.0572. The molecule has 0 aliphatic carbocycles. The lowest BCUT2D eigenvalue weighted by Crippen LogP contribution is -2.31. The number of hydrogen-bond acceptors (Lipinski definition) is 5. The van der Waals surface area contributed by atoms with Crippen molar-refractivity contribution >= 4 is 17.3 Å². The molecule has 0 saturated carbocycles. The van der Waals surface area contributed by atoms with Gasteiger partial charge in [-0.1, -0.05) is 0 Å². The van der Waals surface area contributed by atoms with E-state index in [1.807, 2.05) is 19.0 Å². The van der Waals surface area contributed by atoms with Crippen LogP contribution in [0.2, 0.25) is 0 Å². The van der Waals surface area contributed by atoms with E-state index in [0.717, 1.165) is 5.69 Å². The summed E-state index contributed by atoms with van der Waals surface area (Å²) in [5.41, 5.74) is 7.48. The average molecular weight is 265 g/mol. The number of amides is 1. The van der Waals surface area contributed by atoms with Crippen LogP contribution in [-0.4, -0.2) is 60.4 Å². The van der Waals surface area contributed by atoms with Gasteiger partial charge in [0, 0.05) is 38.6 Å². The van der Waals surface area contributed by atoms with Gasteiger partial charge in [-0.2, -0.15) is 0 Å². The molecule has 6 heteroatoms. The van der Waals surface area contributed by atoms with Gasteiger partial charge >= 0.3 is 0 Å². The van der Waals surface area contributed by atoms with Gasteiger partial charge in [0.1, 0.15) is 0 Å². The molecule has 1 aromatic carbocycles. The number of nitrogens with zero attached hydrogens (tertiary/aromatic N) is 2. The minimum absolute atomic E-state index is 0.141. The van der Waals surface area contributed by atoms with Crippen LogP contribution in [0.5, 0.6) is 0 Å². The number of hydrogen-bond donors (Lipinski definition) is 3. The Morgan fingerprint density at radius 2 is 1.89 bits per heavy atom. The second-order valence-corrected chi connectivity index (χ2v) is 5.02. The van der Waals surface area contributed by atoms with Crippen molar-refractivity contribution in [3.63, 3.8) is 0 Å². The van der Waals surface area contributed by atoms with Gasteiger partial charge in [0.05, 0.1) is 17.8 Å². The fraction of sp³-hybridized carbons (Fsp3) is 0.462. The molecule has 1 aliphatic rings. The molecule has 0 aromatic heterocycles. The van der Waals surface area contributed by atoms with Gasteiger partial charge in [-0.05, 0) is 18.2 Å². The molecule has 19 heavy (non-hydrogen) atoms. The van der Waals surface area contributed by atoms with Gasteiger partial charge in [-0.3, -0.25) is 4.79 Å². The second-order valence-electron chi connectivity index (χ2n) is 5.02. The van der Waals surface area contributed by atoms with Gasteiger partial charge in [0.15, 0.2) is 0 Å². The number of likely N-dealkylation sites (tertiary alicyclic amines) is 1. The van der Waals surface area contributed by atoms with Crippen LogP contribution in [0.3, 0.4) is 0 Å². The molecule has 1 fully saturated rings. The van der Waals surface area contributed by atoms with Gasteiger partial charge in [0.2, 0.25) is 0 Å². The summed E-state index contributed by atoms with van der Waals surface area (Å²) in [5.74, 6) is -0.230. The zero-order chi connectivity index (χ0) is 14.2. The van der Waals surface area contributed by atoms with Crippen LogP contribution in [0, 0.1) is 0 Å². The molecule has 2 unspecified atom stereocenters. The molecule has 1 saturated heterocycles. The SMILES string of the molecule is CN(C)c1ccc(N)cc1C(=O)N1CC(O)C(O)C1. The average Bonchev–Trinajstić information content (AvgIpc) is 2.68. The molecule has 1 heterocycles. The topological polar surface area (TPSA) is 90.0 Å². The number of aliphatic hydroxyl groups excluding tert-OH is 2. The lowest BCUT2D eigenvalue weighted by atomic mass is 10.1. The van der Waals surface area contributed by atoms with Crippen molar-refractivity contribution in [3.05, 3.63) is 23.8 Å². The van der Waals surface area contributed by atoms with E-state index in [4.69, 9.17) is 5.73 Å². The number of carbonyl (C=O) groups excluding carboxylic acids is 1. The monoisotopic (exact) mass is 265 g/mol. The van der Waals surface area contributed by atoms with Crippen molar-refractivity contribution in [3.8, 4) is 0 Å². The first kappa shape index (κ1) is 13.6. The summed E-state index contributed by atoms with van der Waals surface area (Å²) < 4.78 is 0. The second kappa shape index (κ2) is 5.07. The van der Waals surface area contributed by atoms with Gasteiger partial charge in [0.25, 0.3) is 5.91 Å². The maximum Gasteiger partial charge on any atom is 0.256 e. The Balaban J connectivity index is 2.31. The maximum atomic E-state index is 12.4. The van der Waals surface area contributed by atoms with Crippen molar-refractivity contribution in [1.82, 2.24) is 4.90 Å². The number of rotatable bonds is 2. The zero-order valence-corrected chi connectivity index (χ0v) is 11.1. The summed E-state index contributed by atoms with van der Waals surface area (Å²) >= 11 is 0. The summed E-state index contributed by atoms with van der Waals surface area (Å²) in [4.78, 5) is 15.7. The minimum atomic E-state index is -0.882. The van der Waals surface area contributed by atoms with Crippen molar-refractivity contribution in [2.45, 2.75) is 12.2 Å². The molecule has 1 aromatic rings. The molecule has 0 bridgehead atoms. The van der Waals surface area contributed by atoms with Crippen LogP contribution < -0.4 is 10.6 Å². The molecular weight excluding hydrogens is 246 g/mol. The molecule has 2 atom stereocenters. The van der Waals surface area contributed by atoms with Gasteiger partial charge in [-0.25, -0.2) is 0 Å². The number of β-amino-alcohol motifs (C(OH)–C–C–N with tert-alkyl or cyclic N) is 2. The van der Waals surface area contributed by atoms with Crippen LogP contribution >= 0.6 is 0 Å². The molecule has 1 amide bonds. The first-order valence-electron chi connectivity index (χ1n) is 6.12. The van der Waals surface area contributed by atoms with E-state index in [1.54, 1.807) is 18.2 Å². The van der Waals surface area contributed by atoms with Crippen LogP contribution in [0.25, 0.3) is 0 Å². The van der Waals surface area contributed by atoms with E-state index in [2.05, 4.69) is 0 Å². The summed E-state index contributed by atoms with van der Waals surface area (Å²) in [6, 6.07) is 5.14.